The van der Waals surface area contributed by atoms with Crippen molar-refractivity contribution in [1.82, 2.24) is 24.5 Å². The minimum absolute atomic E-state index is 0.0575. The lowest BCUT2D eigenvalue weighted by molar-refractivity contribution is -0.0647. The Morgan fingerprint density at radius 2 is 2.25 bits per heavy atom. The Labute approximate surface area is 166 Å². The number of aliphatic hydroxyl groups excluding tert-OH is 1. The van der Waals surface area contributed by atoms with E-state index < -0.39 is 0 Å². The number of morpholine rings is 1. The van der Waals surface area contributed by atoms with Crippen LogP contribution in [-0.4, -0.2) is 74.1 Å². The van der Waals surface area contributed by atoms with Gasteiger partial charge in [0.15, 0.2) is 0 Å². The zero-order chi connectivity index (χ0) is 18.7. The maximum absolute atomic E-state index is 10.1. The lowest BCUT2D eigenvalue weighted by Gasteiger charge is -2.40. The molecule has 9 heteroatoms. The molecule has 0 aliphatic carbocycles. The first-order valence-corrected chi connectivity index (χ1v) is 10.6. The van der Waals surface area contributed by atoms with Crippen molar-refractivity contribution in [2.45, 2.75) is 18.2 Å². The van der Waals surface area contributed by atoms with Crippen LogP contribution in [-0.2, 0) is 11.3 Å². The van der Waals surface area contributed by atoms with E-state index in [1.165, 1.54) is 0 Å². The van der Waals surface area contributed by atoms with Crippen LogP contribution >= 0.6 is 11.3 Å². The van der Waals surface area contributed by atoms with E-state index in [0.717, 1.165) is 49.2 Å². The molecule has 0 unspecified atom stereocenters. The monoisotopic (exact) mass is 398 g/mol. The third-order valence-corrected chi connectivity index (χ3v) is 7.32. The Morgan fingerprint density at radius 3 is 3.11 bits per heavy atom. The van der Waals surface area contributed by atoms with Crippen LogP contribution in [0.5, 0.6) is 0 Å². The molecule has 6 rings (SSSR count). The fourth-order valence-electron chi connectivity index (χ4n) is 5.42. The zero-order valence-electron chi connectivity index (χ0n) is 15.4. The van der Waals surface area contributed by atoms with Crippen LogP contribution in [0.25, 0.3) is 5.52 Å². The molecule has 0 aromatic carbocycles. The summed E-state index contributed by atoms with van der Waals surface area (Å²) in [7, 11) is 0. The van der Waals surface area contributed by atoms with Crippen molar-refractivity contribution in [2.75, 3.05) is 37.7 Å². The summed E-state index contributed by atoms with van der Waals surface area (Å²) < 4.78 is 8.71. The zero-order valence-corrected chi connectivity index (χ0v) is 16.2. The number of nitrogens with zero attached hydrogens (tertiary/aromatic N) is 6. The molecule has 0 saturated carbocycles. The third-order valence-electron chi connectivity index (χ3n) is 6.57. The smallest absolute Gasteiger partial charge is 0.208 e. The second-order valence-electron chi connectivity index (χ2n) is 8.12. The van der Waals surface area contributed by atoms with Crippen molar-refractivity contribution < 1.29 is 9.84 Å². The van der Waals surface area contributed by atoms with Gasteiger partial charge in [-0.3, -0.25) is 4.90 Å². The van der Waals surface area contributed by atoms with E-state index in [-0.39, 0.29) is 24.2 Å². The number of imidazole rings is 1. The first-order chi connectivity index (χ1) is 13.8. The highest BCUT2D eigenvalue weighted by Crippen LogP contribution is 2.50. The topological polar surface area (TPSA) is 79.0 Å². The summed E-state index contributed by atoms with van der Waals surface area (Å²) in [5, 5.41) is 19.3. The first-order valence-electron chi connectivity index (χ1n) is 9.69. The lowest BCUT2D eigenvalue weighted by atomic mass is 9.83. The Bertz CT molecular complexity index is 993. The Kier molecular flexibility index (Phi) is 3.74. The van der Waals surface area contributed by atoms with Gasteiger partial charge in [-0.2, -0.15) is 0 Å². The van der Waals surface area contributed by atoms with E-state index in [1.54, 1.807) is 16.8 Å². The fourth-order valence-corrected chi connectivity index (χ4v) is 5.99. The quantitative estimate of drug-likeness (QED) is 0.699. The van der Waals surface area contributed by atoms with Gasteiger partial charge in [-0.05, 0) is 12.1 Å². The molecule has 3 aliphatic rings. The molecular formula is C19H22N6O2S. The maximum atomic E-state index is 10.1. The first kappa shape index (κ1) is 16.8. The average Bonchev–Trinajstić information content (AvgIpc) is 3.46. The summed E-state index contributed by atoms with van der Waals surface area (Å²) in [5.41, 5.74) is 2.63. The standard InChI is InChI=1S/C19H22N6O2S/c26-9-14-15-6-23(8-17-20-5-13-3-1-2-4-25(13)17)10-19(15)11-24(7-16(14)27-19)18-22-21-12-28-18/h1-5,12,14-16,26H,6-11H2/t14-,15+,16+,19-/m0/s1. The molecule has 3 aromatic heterocycles. The van der Waals surface area contributed by atoms with Crippen LogP contribution in [0.15, 0.2) is 36.1 Å². The second kappa shape index (κ2) is 6.21. The Balaban J connectivity index is 1.28. The number of fused-ring (bicyclic) bond motifs is 2. The molecule has 6 heterocycles. The van der Waals surface area contributed by atoms with Gasteiger partial charge in [0, 0.05) is 44.3 Å². The van der Waals surface area contributed by atoms with Crippen LogP contribution in [0.1, 0.15) is 5.82 Å². The van der Waals surface area contributed by atoms with E-state index in [2.05, 4.69) is 41.6 Å². The molecule has 4 atom stereocenters. The lowest BCUT2D eigenvalue weighted by Crippen LogP contribution is -2.54. The van der Waals surface area contributed by atoms with Crippen LogP contribution in [0.3, 0.4) is 0 Å². The summed E-state index contributed by atoms with van der Waals surface area (Å²) >= 11 is 1.57. The van der Waals surface area contributed by atoms with Crippen molar-refractivity contribution in [3.8, 4) is 0 Å². The largest absolute Gasteiger partial charge is 0.396 e. The van der Waals surface area contributed by atoms with E-state index in [9.17, 15) is 5.11 Å². The van der Waals surface area contributed by atoms with Crippen LogP contribution in [0.4, 0.5) is 5.13 Å². The SMILES string of the molecule is OC[C@H]1[C@H]2CN(Cc3ncc4ccccn34)C[C@]23CN(c2nncs2)C[C@H]1O3. The molecule has 3 fully saturated rings. The minimum Gasteiger partial charge on any atom is -0.396 e. The van der Waals surface area contributed by atoms with Gasteiger partial charge in [-0.1, -0.05) is 17.4 Å². The maximum Gasteiger partial charge on any atom is 0.208 e. The van der Waals surface area contributed by atoms with Gasteiger partial charge in [-0.25, -0.2) is 4.98 Å². The molecule has 1 N–H and O–H groups in total. The molecule has 28 heavy (non-hydrogen) atoms. The molecule has 8 nitrogen and oxygen atoms in total. The van der Waals surface area contributed by atoms with Gasteiger partial charge in [0.2, 0.25) is 5.13 Å². The fraction of sp³-hybridized carbons (Fsp3) is 0.526. The number of aromatic nitrogens is 4. The van der Waals surface area contributed by atoms with Crippen molar-refractivity contribution >= 4 is 22.0 Å². The Morgan fingerprint density at radius 1 is 1.29 bits per heavy atom. The van der Waals surface area contributed by atoms with Crippen LogP contribution < -0.4 is 4.90 Å². The van der Waals surface area contributed by atoms with E-state index in [4.69, 9.17) is 4.74 Å². The van der Waals surface area contributed by atoms with Gasteiger partial charge >= 0.3 is 0 Å². The summed E-state index contributed by atoms with van der Waals surface area (Å²) in [5.74, 6) is 1.53. The van der Waals surface area contributed by atoms with Crippen molar-refractivity contribution in [3.63, 3.8) is 0 Å². The molecule has 3 aliphatic heterocycles. The average molecular weight is 398 g/mol. The van der Waals surface area contributed by atoms with Crippen molar-refractivity contribution in [3.05, 3.63) is 41.9 Å². The molecule has 3 saturated heterocycles. The molecular weight excluding hydrogens is 376 g/mol. The highest BCUT2D eigenvalue weighted by atomic mass is 32.1. The molecule has 1 spiro atoms. The van der Waals surface area contributed by atoms with E-state index in [1.807, 2.05) is 18.3 Å². The number of aliphatic hydroxyl groups is 1. The number of ether oxygens (including phenoxy) is 1. The third kappa shape index (κ3) is 2.43. The highest BCUT2D eigenvalue weighted by Gasteiger charge is 2.62. The normalized spacial score (nSPS) is 32.3. The number of hydrogen-bond acceptors (Lipinski definition) is 8. The summed E-state index contributed by atoms with van der Waals surface area (Å²) in [6.07, 6.45) is 4.04. The number of anilines is 1. The van der Waals surface area contributed by atoms with Crippen molar-refractivity contribution in [1.29, 1.82) is 0 Å². The summed E-state index contributed by atoms with van der Waals surface area (Å²) in [4.78, 5) is 9.35. The van der Waals surface area contributed by atoms with Gasteiger partial charge < -0.3 is 19.1 Å². The minimum atomic E-state index is -0.255. The van der Waals surface area contributed by atoms with Crippen LogP contribution in [0.2, 0.25) is 0 Å². The molecule has 146 valence electrons. The summed E-state index contributed by atoms with van der Waals surface area (Å²) in [6.45, 7) is 4.31. The predicted molar refractivity (Wildman–Crippen MR) is 104 cm³/mol. The summed E-state index contributed by atoms with van der Waals surface area (Å²) in [6, 6.07) is 6.14. The van der Waals surface area contributed by atoms with E-state index in [0.29, 0.717) is 5.92 Å². The van der Waals surface area contributed by atoms with Gasteiger partial charge in [-0.15, -0.1) is 10.2 Å². The second-order valence-corrected chi connectivity index (χ2v) is 8.93. The Hall–Kier alpha value is -2.07. The molecule has 2 bridgehead atoms. The van der Waals surface area contributed by atoms with E-state index >= 15 is 0 Å². The number of pyridine rings is 1. The highest BCUT2D eigenvalue weighted by molar-refractivity contribution is 7.13. The molecule has 0 radical (unpaired) electrons. The van der Waals surface area contributed by atoms with Gasteiger partial charge in [0.05, 0.1) is 30.9 Å². The van der Waals surface area contributed by atoms with Gasteiger partial charge in [0.1, 0.15) is 16.9 Å². The number of likely N-dealkylation sites (tertiary alicyclic amines) is 1. The molecule has 0 amide bonds. The van der Waals surface area contributed by atoms with Crippen molar-refractivity contribution in [2.24, 2.45) is 11.8 Å². The number of rotatable bonds is 4. The van der Waals surface area contributed by atoms with Gasteiger partial charge in [0.25, 0.3) is 0 Å². The predicted octanol–water partition coefficient (Wildman–Crippen LogP) is 0.884. The molecule has 3 aromatic rings. The van der Waals surface area contributed by atoms with Crippen LogP contribution in [0, 0.1) is 11.8 Å². The number of hydrogen-bond donors (Lipinski definition) is 1.